The van der Waals surface area contributed by atoms with Crippen LogP contribution < -0.4 is 0 Å². The molecule has 0 aliphatic carbocycles. The molecule has 0 radical (unpaired) electrons. The summed E-state index contributed by atoms with van der Waals surface area (Å²) in [5.41, 5.74) is 0.0893. The van der Waals surface area contributed by atoms with Crippen molar-refractivity contribution in [2.75, 3.05) is 6.61 Å². The minimum atomic E-state index is -1.29. The predicted molar refractivity (Wildman–Crippen MR) is 96.6 cm³/mol. The Morgan fingerprint density at radius 3 is 2.74 bits per heavy atom. The predicted octanol–water partition coefficient (Wildman–Crippen LogP) is 4.43. The highest BCUT2D eigenvalue weighted by molar-refractivity contribution is 6.34. The average Bonchev–Trinajstić information content (AvgIpc) is 3.01. The van der Waals surface area contributed by atoms with Crippen molar-refractivity contribution in [2.24, 2.45) is 5.16 Å². The summed E-state index contributed by atoms with van der Waals surface area (Å²) in [6.07, 6.45) is 1.44. The van der Waals surface area contributed by atoms with Gasteiger partial charge in [0.2, 0.25) is 11.5 Å². The molecule has 0 fully saturated rings. The van der Waals surface area contributed by atoms with Crippen molar-refractivity contribution < 1.29 is 23.1 Å². The Morgan fingerprint density at radius 2 is 2.04 bits per heavy atom. The summed E-state index contributed by atoms with van der Waals surface area (Å²) in [5, 5.41) is 4.00. The van der Waals surface area contributed by atoms with Crippen LogP contribution in [0.5, 0.6) is 0 Å². The molecular formula is C19H17ClF2N2O3. The fourth-order valence-corrected chi connectivity index (χ4v) is 3.05. The zero-order chi connectivity index (χ0) is 19.8. The molecule has 1 aliphatic rings. The van der Waals surface area contributed by atoms with Crippen molar-refractivity contribution in [1.29, 1.82) is 0 Å². The molecule has 0 bridgehead atoms. The van der Waals surface area contributed by atoms with Crippen LogP contribution in [-0.4, -0.2) is 28.9 Å². The SMILES string of the molecule is CCOC(=O)C1(C)CC(c2cc(-c3cc(C)cnc3F)c(F)cc2Cl)=NO1. The third kappa shape index (κ3) is 3.64. The maximum absolute atomic E-state index is 14.5. The van der Waals surface area contributed by atoms with Crippen LogP contribution in [0.15, 0.2) is 29.6 Å². The van der Waals surface area contributed by atoms with E-state index in [0.29, 0.717) is 16.8 Å². The largest absolute Gasteiger partial charge is 0.463 e. The van der Waals surface area contributed by atoms with Crippen LogP contribution in [0, 0.1) is 18.7 Å². The quantitative estimate of drug-likeness (QED) is 0.568. The van der Waals surface area contributed by atoms with E-state index in [-0.39, 0.29) is 29.2 Å². The number of oxime groups is 1. The lowest BCUT2D eigenvalue weighted by molar-refractivity contribution is -0.166. The van der Waals surface area contributed by atoms with Gasteiger partial charge in [0.05, 0.1) is 17.3 Å². The second-order valence-electron chi connectivity index (χ2n) is 6.42. The van der Waals surface area contributed by atoms with E-state index in [1.54, 1.807) is 20.8 Å². The van der Waals surface area contributed by atoms with Crippen LogP contribution in [0.25, 0.3) is 11.1 Å². The van der Waals surface area contributed by atoms with E-state index in [1.165, 1.54) is 18.3 Å². The highest BCUT2D eigenvalue weighted by atomic mass is 35.5. The van der Waals surface area contributed by atoms with E-state index in [4.69, 9.17) is 21.2 Å². The van der Waals surface area contributed by atoms with Crippen molar-refractivity contribution in [3.05, 3.63) is 52.3 Å². The molecular weight excluding hydrogens is 378 g/mol. The van der Waals surface area contributed by atoms with Crippen molar-refractivity contribution >= 4 is 23.3 Å². The molecule has 0 amide bonds. The van der Waals surface area contributed by atoms with Crippen LogP contribution in [0.2, 0.25) is 5.02 Å². The molecule has 142 valence electrons. The smallest absolute Gasteiger partial charge is 0.353 e. The number of aromatic nitrogens is 1. The molecule has 3 rings (SSSR count). The van der Waals surface area contributed by atoms with Crippen LogP contribution in [0.3, 0.4) is 0 Å². The lowest BCUT2D eigenvalue weighted by Crippen LogP contribution is -2.37. The number of benzene rings is 1. The molecule has 0 saturated heterocycles. The van der Waals surface area contributed by atoms with Crippen molar-refractivity contribution in [3.8, 4) is 11.1 Å². The Kier molecular flexibility index (Phi) is 5.15. The van der Waals surface area contributed by atoms with Gasteiger partial charge in [-0.3, -0.25) is 0 Å². The number of hydrogen-bond donors (Lipinski definition) is 0. The summed E-state index contributed by atoms with van der Waals surface area (Å²) >= 11 is 6.17. The minimum absolute atomic E-state index is 0.00413. The van der Waals surface area contributed by atoms with E-state index >= 15 is 0 Å². The number of aryl methyl sites for hydroxylation is 1. The number of pyridine rings is 1. The van der Waals surface area contributed by atoms with Gasteiger partial charge in [-0.1, -0.05) is 16.8 Å². The van der Waals surface area contributed by atoms with E-state index < -0.39 is 23.3 Å². The van der Waals surface area contributed by atoms with Gasteiger partial charge in [0.15, 0.2) is 0 Å². The summed E-state index contributed by atoms with van der Waals surface area (Å²) in [6.45, 7) is 5.16. The molecule has 2 heterocycles. The zero-order valence-electron chi connectivity index (χ0n) is 15.0. The van der Waals surface area contributed by atoms with Crippen molar-refractivity contribution in [1.82, 2.24) is 4.98 Å². The summed E-state index contributed by atoms with van der Waals surface area (Å²) in [5.74, 6) is -2.05. The van der Waals surface area contributed by atoms with Crippen molar-refractivity contribution in [3.63, 3.8) is 0 Å². The number of nitrogens with zero attached hydrogens (tertiary/aromatic N) is 2. The first-order valence-electron chi connectivity index (χ1n) is 8.29. The topological polar surface area (TPSA) is 60.8 Å². The molecule has 2 aromatic rings. The van der Waals surface area contributed by atoms with Gasteiger partial charge in [-0.15, -0.1) is 0 Å². The molecule has 0 saturated carbocycles. The molecule has 1 aromatic carbocycles. The first-order valence-corrected chi connectivity index (χ1v) is 8.67. The molecule has 0 spiro atoms. The highest BCUT2D eigenvalue weighted by Crippen LogP contribution is 2.35. The molecule has 1 unspecified atom stereocenters. The van der Waals surface area contributed by atoms with E-state index in [2.05, 4.69) is 10.1 Å². The Morgan fingerprint density at radius 1 is 1.30 bits per heavy atom. The normalized spacial score (nSPS) is 18.8. The third-order valence-corrected chi connectivity index (χ3v) is 4.52. The Bertz CT molecular complexity index is 949. The van der Waals surface area contributed by atoms with Crippen molar-refractivity contribution in [2.45, 2.75) is 32.8 Å². The summed E-state index contributed by atoms with van der Waals surface area (Å²) < 4.78 is 33.6. The highest BCUT2D eigenvalue weighted by Gasteiger charge is 2.44. The van der Waals surface area contributed by atoms with Gasteiger partial charge in [-0.05, 0) is 44.5 Å². The molecule has 27 heavy (non-hydrogen) atoms. The maximum atomic E-state index is 14.5. The number of carbonyl (C=O) groups excluding carboxylic acids is 1. The number of ether oxygens (including phenoxy) is 1. The Hall–Kier alpha value is -2.54. The van der Waals surface area contributed by atoms with E-state index in [1.807, 2.05) is 0 Å². The van der Waals surface area contributed by atoms with Gasteiger partial charge >= 0.3 is 5.97 Å². The standard InChI is InChI=1S/C19H17ClF2N2O3/c1-4-26-18(25)19(3)8-16(24-27-19)13-6-11(15(21)7-14(13)20)12-5-10(2)9-23-17(12)22/h5-7,9H,4,8H2,1-3H3. The van der Waals surface area contributed by atoms with Gasteiger partial charge in [0.1, 0.15) is 5.82 Å². The second kappa shape index (κ2) is 7.23. The fraction of sp³-hybridized carbons (Fsp3) is 0.316. The average molecular weight is 395 g/mol. The van der Waals surface area contributed by atoms with E-state index in [9.17, 15) is 13.6 Å². The first kappa shape index (κ1) is 19.2. The molecule has 1 atom stereocenters. The number of esters is 1. The number of rotatable bonds is 4. The zero-order valence-corrected chi connectivity index (χ0v) is 15.7. The minimum Gasteiger partial charge on any atom is -0.463 e. The molecule has 5 nitrogen and oxygen atoms in total. The first-order chi connectivity index (χ1) is 12.7. The lowest BCUT2D eigenvalue weighted by Gasteiger charge is -2.18. The number of hydrogen-bond acceptors (Lipinski definition) is 5. The van der Waals surface area contributed by atoms with Crippen LogP contribution in [0.4, 0.5) is 8.78 Å². The molecule has 8 heteroatoms. The summed E-state index contributed by atoms with van der Waals surface area (Å²) in [7, 11) is 0. The Labute approximate surface area is 159 Å². The van der Waals surface area contributed by atoms with E-state index in [0.717, 1.165) is 6.07 Å². The van der Waals surface area contributed by atoms with Crippen LogP contribution in [-0.2, 0) is 14.4 Å². The van der Waals surface area contributed by atoms with Gasteiger partial charge in [-0.25, -0.2) is 14.2 Å². The van der Waals surface area contributed by atoms with Crippen LogP contribution >= 0.6 is 11.6 Å². The molecule has 0 N–H and O–H groups in total. The van der Waals surface area contributed by atoms with Crippen LogP contribution in [0.1, 0.15) is 31.4 Å². The molecule has 1 aromatic heterocycles. The molecule has 1 aliphatic heterocycles. The number of halogens is 3. The van der Waals surface area contributed by atoms with Gasteiger partial charge in [-0.2, -0.15) is 4.39 Å². The monoisotopic (exact) mass is 394 g/mol. The summed E-state index contributed by atoms with van der Waals surface area (Å²) in [6, 6.07) is 3.96. The second-order valence-corrected chi connectivity index (χ2v) is 6.83. The van der Waals surface area contributed by atoms with Gasteiger partial charge in [0, 0.05) is 29.3 Å². The lowest BCUT2D eigenvalue weighted by atomic mass is 9.93. The summed E-state index contributed by atoms with van der Waals surface area (Å²) in [4.78, 5) is 21.0. The Balaban J connectivity index is 2.01. The maximum Gasteiger partial charge on any atom is 0.353 e. The van der Waals surface area contributed by atoms with Gasteiger partial charge < -0.3 is 9.57 Å². The fourth-order valence-electron chi connectivity index (χ4n) is 2.80. The van der Waals surface area contributed by atoms with Gasteiger partial charge in [0.25, 0.3) is 0 Å². The third-order valence-electron chi connectivity index (χ3n) is 4.20. The number of carbonyl (C=O) groups is 1.